The van der Waals surface area contributed by atoms with E-state index in [2.05, 4.69) is 0 Å². The SMILES string of the molecule is c1ccc(-c2nc(-[n+]3ccsc3)cc(-[n+]3ccsc3)n2)cc1. The van der Waals surface area contributed by atoms with Crippen LogP contribution in [0.4, 0.5) is 0 Å². The molecule has 0 aliphatic rings. The highest BCUT2D eigenvalue weighted by molar-refractivity contribution is 7.07. The van der Waals surface area contributed by atoms with Crippen molar-refractivity contribution in [3.05, 3.63) is 70.6 Å². The van der Waals surface area contributed by atoms with Crippen LogP contribution in [0.3, 0.4) is 0 Å². The molecule has 0 unspecified atom stereocenters. The smallest absolute Gasteiger partial charge is 0.193 e. The first-order chi connectivity index (χ1) is 10.9. The highest BCUT2D eigenvalue weighted by Crippen LogP contribution is 2.16. The standard InChI is InChI=1S/C16H12N4S2/c1-2-4-13(5-3-1)16-17-14(19-6-8-21-11-19)10-15(18-16)20-7-9-22-12-20/h1-12H/q+2. The topological polar surface area (TPSA) is 33.5 Å². The van der Waals surface area contributed by atoms with E-state index in [1.807, 2.05) is 79.7 Å². The van der Waals surface area contributed by atoms with Gasteiger partial charge in [-0.1, -0.05) is 18.2 Å². The number of benzene rings is 1. The van der Waals surface area contributed by atoms with Gasteiger partial charge in [0.05, 0.1) is 5.56 Å². The average Bonchev–Trinajstić information content (AvgIpc) is 3.29. The number of hydrogen-bond donors (Lipinski definition) is 0. The molecule has 0 aliphatic heterocycles. The zero-order chi connectivity index (χ0) is 14.8. The second kappa shape index (κ2) is 5.75. The van der Waals surface area contributed by atoms with E-state index in [0.29, 0.717) is 0 Å². The Kier molecular flexibility index (Phi) is 3.46. The van der Waals surface area contributed by atoms with Crippen LogP contribution in [0, 0.1) is 0 Å². The lowest BCUT2D eigenvalue weighted by Crippen LogP contribution is -2.33. The van der Waals surface area contributed by atoms with Crippen LogP contribution in [-0.4, -0.2) is 9.97 Å². The minimum absolute atomic E-state index is 0.727. The van der Waals surface area contributed by atoms with Gasteiger partial charge in [0.15, 0.2) is 0 Å². The highest BCUT2D eigenvalue weighted by atomic mass is 32.1. The van der Waals surface area contributed by atoms with E-state index in [0.717, 1.165) is 23.0 Å². The summed E-state index contributed by atoms with van der Waals surface area (Å²) in [5.41, 5.74) is 5.07. The Labute approximate surface area is 135 Å². The third-order valence-electron chi connectivity index (χ3n) is 3.21. The molecule has 0 spiro atoms. The Balaban J connectivity index is 1.91. The molecule has 0 bridgehead atoms. The first-order valence-corrected chi connectivity index (χ1v) is 8.61. The molecule has 0 saturated carbocycles. The van der Waals surface area contributed by atoms with Crippen molar-refractivity contribution in [2.45, 2.75) is 0 Å². The van der Waals surface area contributed by atoms with Gasteiger partial charge < -0.3 is 0 Å². The van der Waals surface area contributed by atoms with Crippen molar-refractivity contribution in [3.63, 3.8) is 0 Å². The molecule has 3 aromatic heterocycles. The fourth-order valence-electron chi connectivity index (χ4n) is 2.14. The summed E-state index contributed by atoms with van der Waals surface area (Å²) in [7, 11) is 0. The van der Waals surface area contributed by atoms with Gasteiger partial charge in [-0.3, -0.25) is 0 Å². The van der Waals surface area contributed by atoms with E-state index in [4.69, 9.17) is 9.97 Å². The summed E-state index contributed by atoms with van der Waals surface area (Å²) in [4.78, 5) is 9.41. The van der Waals surface area contributed by atoms with Crippen LogP contribution in [0.5, 0.6) is 0 Å². The summed E-state index contributed by atoms with van der Waals surface area (Å²) in [6.45, 7) is 0. The van der Waals surface area contributed by atoms with Crippen molar-refractivity contribution in [2.24, 2.45) is 0 Å². The molecule has 6 heteroatoms. The molecular formula is C16H12N4S2+2. The number of aromatic nitrogens is 4. The van der Waals surface area contributed by atoms with Crippen LogP contribution in [-0.2, 0) is 0 Å². The molecule has 0 atom stereocenters. The lowest BCUT2D eigenvalue weighted by atomic mass is 10.2. The zero-order valence-corrected chi connectivity index (χ0v) is 13.2. The Morgan fingerprint density at radius 1 is 0.773 bits per heavy atom. The molecule has 0 N–H and O–H groups in total. The summed E-state index contributed by atoms with van der Waals surface area (Å²) in [5.74, 6) is 2.46. The molecule has 4 nitrogen and oxygen atoms in total. The Morgan fingerprint density at radius 3 is 1.86 bits per heavy atom. The molecule has 0 aliphatic carbocycles. The first-order valence-electron chi connectivity index (χ1n) is 6.72. The Hall–Kier alpha value is -2.44. The molecule has 4 rings (SSSR count). The van der Waals surface area contributed by atoms with E-state index in [9.17, 15) is 0 Å². The van der Waals surface area contributed by atoms with Crippen molar-refractivity contribution in [3.8, 4) is 23.0 Å². The zero-order valence-electron chi connectivity index (χ0n) is 11.5. The lowest BCUT2D eigenvalue weighted by Gasteiger charge is -1.95. The number of hydrogen-bond acceptors (Lipinski definition) is 4. The van der Waals surface area contributed by atoms with Crippen molar-refractivity contribution in [1.29, 1.82) is 0 Å². The molecule has 22 heavy (non-hydrogen) atoms. The highest BCUT2D eigenvalue weighted by Gasteiger charge is 2.24. The maximum atomic E-state index is 4.70. The third-order valence-corrected chi connectivity index (χ3v) is 4.46. The summed E-state index contributed by atoms with van der Waals surface area (Å²) in [5, 5.41) is 4.06. The third kappa shape index (κ3) is 2.54. The van der Waals surface area contributed by atoms with Crippen LogP contribution in [0.25, 0.3) is 23.0 Å². The van der Waals surface area contributed by atoms with E-state index in [1.54, 1.807) is 22.7 Å². The minimum atomic E-state index is 0.727. The fourth-order valence-corrected chi connectivity index (χ4v) is 3.30. The molecule has 0 fully saturated rings. The second-order valence-corrected chi connectivity index (χ2v) is 6.15. The van der Waals surface area contributed by atoms with E-state index in [1.165, 1.54) is 0 Å². The first kappa shape index (κ1) is 13.2. The largest absolute Gasteiger partial charge is 0.380 e. The van der Waals surface area contributed by atoms with E-state index >= 15 is 0 Å². The maximum absolute atomic E-state index is 4.70. The normalized spacial score (nSPS) is 10.7. The predicted molar refractivity (Wildman–Crippen MR) is 86.3 cm³/mol. The molecule has 3 heterocycles. The maximum Gasteiger partial charge on any atom is 0.380 e. The van der Waals surface area contributed by atoms with E-state index < -0.39 is 0 Å². The molecule has 0 saturated heterocycles. The Bertz CT molecular complexity index is 819. The van der Waals surface area contributed by atoms with E-state index in [-0.39, 0.29) is 0 Å². The average molecular weight is 324 g/mol. The summed E-state index contributed by atoms with van der Waals surface area (Å²) in [6.07, 6.45) is 4.01. The van der Waals surface area contributed by atoms with Gasteiger partial charge in [-0.15, -0.1) is 22.7 Å². The number of nitrogens with zero attached hydrogens (tertiary/aromatic N) is 4. The molecule has 4 aromatic rings. The van der Waals surface area contributed by atoms with Crippen molar-refractivity contribution in [2.75, 3.05) is 0 Å². The fraction of sp³-hybridized carbons (Fsp3) is 0. The summed E-state index contributed by atoms with van der Waals surface area (Å²) >= 11 is 3.27. The Morgan fingerprint density at radius 2 is 1.36 bits per heavy atom. The van der Waals surface area contributed by atoms with Crippen LogP contribution in [0.1, 0.15) is 0 Å². The molecule has 0 amide bonds. The van der Waals surface area contributed by atoms with Gasteiger partial charge >= 0.3 is 17.5 Å². The monoisotopic (exact) mass is 324 g/mol. The van der Waals surface area contributed by atoms with Crippen molar-refractivity contribution in [1.82, 2.24) is 9.97 Å². The van der Waals surface area contributed by atoms with Crippen LogP contribution in [0.15, 0.2) is 70.6 Å². The summed E-state index contributed by atoms with van der Waals surface area (Å²) < 4.78 is 4.02. The number of rotatable bonds is 3. The van der Waals surface area contributed by atoms with Crippen LogP contribution >= 0.6 is 22.7 Å². The van der Waals surface area contributed by atoms with Gasteiger partial charge in [-0.2, -0.15) is 9.13 Å². The van der Waals surface area contributed by atoms with Gasteiger partial charge in [0.1, 0.15) is 29.5 Å². The quantitative estimate of drug-likeness (QED) is 0.543. The van der Waals surface area contributed by atoms with Gasteiger partial charge in [-0.25, -0.2) is 0 Å². The van der Waals surface area contributed by atoms with Gasteiger partial charge in [0.25, 0.3) is 0 Å². The predicted octanol–water partition coefficient (Wildman–Crippen LogP) is 2.82. The number of thiazole rings is 2. The summed E-state index contributed by atoms with van der Waals surface area (Å²) in [6, 6.07) is 12.0. The van der Waals surface area contributed by atoms with Crippen molar-refractivity contribution < 1.29 is 9.13 Å². The lowest BCUT2D eigenvalue weighted by molar-refractivity contribution is -0.603. The second-order valence-electron chi connectivity index (χ2n) is 4.64. The minimum Gasteiger partial charge on any atom is -0.193 e. The van der Waals surface area contributed by atoms with Crippen molar-refractivity contribution >= 4 is 22.7 Å². The van der Waals surface area contributed by atoms with Gasteiger partial charge in [-0.05, 0) is 12.1 Å². The molecule has 0 radical (unpaired) electrons. The van der Waals surface area contributed by atoms with Crippen LogP contribution in [0.2, 0.25) is 0 Å². The van der Waals surface area contributed by atoms with Crippen LogP contribution < -0.4 is 9.13 Å². The van der Waals surface area contributed by atoms with Gasteiger partial charge in [0, 0.05) is 20.7 Å². The molecule has 106 valence electrons. The van der Waals surface area contributed by atoms with Gasteiger partial charge in [0.2, 0.25) is 0 Å². The molecular weight excluding hydrogens is 312 g/mol. The molecule has 1 aromatic carbocycles.